The van der Waals surface area contributed by atoms with Crippen molar-refractivity contribution in [1.82, 2.24) is 9.88 Å². The number of hydrogen-bond acceptors (Lipinski definition) is 4. The van der Waals surface area contributed by atoms with Crippen LogP contribution < -0.4 is 5.73 Å². The largest absolute Gasteiger partial charge is 0.323 e. The molecule has 1 fully saturated rings. The molecule has 0 aliphatic carbocycles. The molecule has 1 saturated heterocycles. The molecule has 4 heteroatoms. The van der Waals surface area contributed by atoms with Gasteiger partial charge in [0.25, 0.3) is 0 Å². The van der Waals surface area contributed by atoms with Crippen molar-refractivity contribution in [2.75, 3.05) is 19.6 Å². The molecular formula is C14H25N3S. The Balaban J connectivity index is 1.87. The summed E-state index contributed by atoms with van der Waals surface area (Å²) in [5.74, 6) is 0. The van der Waals surface area contributed by atoms with Gasteiger partial charge < -0.3 is 10.6 Å². The van der Waals surface area contributed by atoms with E-state index in [9.17, 15) is 0 Å². The first-order chi connectivity index (χ1) is 8.66. The van der Waals surface area contributed by atoms with Gasteiger partial charge in [0.15, 0.2) is 0 Å². The molecular weight excluding hydrogens is 242 g/mol. The molecule has 0 spiro atoms. The van der Waals surface area contributed by atoms with E-state index in [1.807, 2.05) is 6.92 Å². The average molecular weight is 267 g/mol. The Bertz CT molecular complexity index is 365. The SMILES string of the molecule is Cc1nc(CCN2CCCCCC2)sc1C(C)N. The lowest BCUT2D eigenvalue weighted by Crippen LogP contribution is -2.26. The molecule has 1 aromatic rings. The van der Waals surface area contributed by atoms with Crippen LogP contribution in [-0.2, 0) is 6.42 Å². The molecule has 0 saturated carbocycles. The van der Waals surface area contributed by atoms with Gasteiger partial charge >= 0.3 is 0 Å². The molecule has 1 aromatic heterocycles. The smallest absolute Gasteiger partial charge is 0.0944 e. The Labute approximate surface area is 114 Å². The van der Waals surface area contributed by atoms with Crippen LogP contribution in [0.3, 0.4) is 0 Å². The van der Waals surface area contributed by atoms with Crippen LogP contribution in [0.1, 0.15) is 54.2 Å². The van der Waals surface area contributed by atoms with Crippen LogP contribution in [0.4, 0.5) is 0 Å². The topological polar surface area (TPSA) is 42.2 Å². The van der Waals surface area contributed by atoms with Crippen LogP contribution in [-0.4, -0.2) is 29.5 Å². The maximum absolute atomic E-state index is 5.95. The summed E-state index contributed by atoms with van der Waals surface area (Å²) in [6.07, 6.45) is 6.62. The quantitative estimate of drug-likeness (QED) is 0.912. The molecule has 1 unspecified atom stereocenters. The van der Waals surface area contributed by atoms with E-state index in [1.54, 1.807) is 11.3 Å². The van der Waals surface area contributed by atoms with Gasteiger partial charge in [-0.2, -0.15) is 0 Å². The number of nitrogens with zero attached hydrogens (tertiary/aromatic N) is 2. The normalized spacial score (nSPS) is 19.7. The van der Waals surface area contributed by atoms with E-state index in [0.29, 0.717) is 0 Å². The van der Waals surface area contributed by atoms with E-state index in [2.05, 4.69) is 16.8 Å². The summed E-state index contributed by atoms with van der Waals surface area (Å²) in [5.41, 5.74) is 7.07. The summed E-state index contributed by atoms with van der Waals surface area (Å²) in [6.45, 7) is 7.81. The lowest BCUT2D eigenvalue weighted by atomic mass is 10.2. The predicted molar refractivity (Wildman–Crippen MR) is 78.1 cm³/mol. The third-order valence-electron chi connectivity index (χ3n) is 3.63. The molecule has 1 aliphatic heterocycles. The van der Waals surface area contributed by atoms with Crippen LogP contribution in [0.15, 0.2) is 0 Å². The van der Waals surface area contributed by atoms with Crippen molar-refractivity contribution in [2.24, 2.45) is 5.73 Å². The number of rotatable bonds is 4. The van der Waals surface area contributed by atoms with Gasteiger partial charge in [0.05, 0.1) is 10.7 Å². The minimum atomic E-state index is 0.120. The minimum Gasteiger partial charge on any atom is -0.323 e. The van der Waals surface area contributed by atoms with E-state index in [-0.39, 0.29) is 6.04 Å². The highest BCUT2D eigenvalue weighted by Crippen LogP contribution is 2.24. The summed E-state index contributed by atoms with van der Waals surface area (Å²) in [5, 5.41) is 1.25. The summed E-state index contributed by atoms with van der Waals surface area (Å²) in [4.78, 5) is 8.49. The molecule has 18 heavy (non-hydrogen) atoms. The fourth-order valence-electron chi connectivity index (χ4n) is 2.61. The molecule has 0 amide bonds. The number of thiazole rings is 1. The Kier molecular flexibility index (Phi) is 5.15. The lowest BCUT2D eigenvalue weighted by Gasteiger charge is -2.18. The number of aromatic nitrogens is 1. The minimum absolute atomic E-state index is 0.120. The Morgan fingerprint density at radius 3 is 2.50 bits per heavy atom. The van der Waals surface area contributed by atoms with Crippen LogP contribution in [0.5, 0.6) is 0 Å². The van der Waals surface area contributed by atoms with Gasteiger partial charge in [0.1, 0.15) is 0 Å². The van der Waals surface area contributed by atoms with E-state index < -0.39 is 0 Å². The molecule has 0 aromatic carbocycles. The zero-order chi connectivity index (χ0) is 13.0. The number of likely N-dealkylation sites (tertiary alicyclic amines) is 1. The Morgan fingerprint density at radius 2 is 1.94 bits per heavy atom. The first-order valence-corrected chi connectivity index (χ1v) is 7.92. The van der Waals surface area contributed by atoms with Crippen molar-refractivity contribution >= 4 is 11.3 Å². The number of hydrogen-bond donors (Lipinski definition) is 1. The van der Waals surface area contributed by atoms with Gasteiger partial charge in [-0.3, -0.25) is 0 Å². The third kappa shape index (κ3) is 3.77. The number of nitrogens with two attached hydrogens (primary N) is 1. The van der Waals surface area contributed by atoms with E-state index in [0.717, 1.165) is 18.7 Å². The van der Waals surface area contributed by atoms with E-state index >= 15 is 0 Å². The summed E-state index contributed by atoms with van der Waals surface area (Å²) in [7, 11) is 0. The van der Waals surface area contributed by atoms with E-state index in [1.165, 1.54) is 48.7 Å². The highest BCUT2D eigenvalue weighted by Gasteiger charge is 2.13. The molecule has 2 heterocycles. The van der Waals surface area contributed by atoms with Gasteiger partial charge in [-0.25, -0.2) is 4.98 Å². The summed E-state index contributed by atoms with van der Waals surface area (Å²) < 4.78 is 0. The van der Waals surface area contributed by atoms with Gasteiger partial charge in [-0.1, -0.05) is 12.8 Å². The van der Waals surface area contributed by atoms with Crippen molar-refractivity contribution in [2.45, 2.75) is 52.0 Å². The van der Waals surface area contributed by atoms with Crippen LogP contribution in [0, 0.1) is 6.92 Å². The second-order valence-electron chi connectivity index (χ2n) is 5.35. The van der Waals surface area contributed by atoms with Crippen LogP contribution in [0.25, 0.3) is 0 Å². The molecule has 102 valence electrons. The zero-order valence-electron chi connectivity index (χ0n) is 11.6. The molecule has 0 bridgehead atoms. The highest BCUT2D eigenvalue weighted by atomic mass is 32.1. The van der Waals surface area contributed by atoms with E-state index in [4.69, 9.17) is 5.73 Å². The van der Waals surface area contributed by atoms with Gasteiger partial charge in [-0.05, 0) is 39.8 Å². The van der Waals surface area contributed by atoms with Crippen molar-refractivity contribution < 1.29 is 0 Å². The lowest BCUT2D eigenvalue weighted by molar-refractivity contribution is 0.288. The molecule has 2 N–H and O–H groups in total. The molecule has 1 aliphatic rings. The standard InChI is InChI=1S/C14H25N3S/c1-11(15)14-12(2)16-13(18-14)7-10-17-8-5-3-4-6-9-17/h11H,3-10,15H2,1-2H3. The van der Waals surface area contributed by atoms with Gasteiger partial charge in [-0.15, -0.1) is 11.3 Å². The van der Waals surface area contributed by atoms with Crippen molar-refractivity contribution in [1.29, 1.82) is 0 Å². The van der Waals surface area contributed by atoms with Crippen molar-refractivity contribution in [3.63, 3.8) is 0 Å². The highest BCUT2D eigenvalue weighted by molar-refractivity contribution is 7.11. The number of aryl methyl sites for hydroxylation is 1. The monoisotopic (exact) mass is 267 g/mol. The van der Waals surface area contributed by atoms with Gasteiger partial charge in [0, 0.05) is 23.9 Å². The fourth-order valence-corrected chi connectivity index (χ4v) is 3.62. The second-order valence-corrected chi connectivity index (χ2v) is 6.47. The zero-order valence-corrected chi connectivity index (χ0v) is 12.4. The van der Waals surface area contributed by atoms with Crippen LogP contribution >= 0.6 is 11.3 Å². The molecule has 3 nitrogen and oxygen atoms in total. The molecule has 1 atom stereocenters. The van der Waals surface area contributed by atoms with Crippen molar-refractivity contribution in [3.05, 3.63) is 15.6 Å². The molecule has 2 rings (SSSR count). The fraction of sp³-hybridized carbons (Fsp3) is 0.786. The van der Waals surface area contributed by atoms with Crippen molar-refractivity contribution in [3.8, 4) is 0 Å². The maximum atomic E-state index is 5.95. The summed E-state index contributed by atoms with van der Waals surface area (Å²) >= 11 is 1.80. The van der Waals surface area contributed by atoms with Gasteiger partial charge in [0.2, 0.25) is 0 Å². The first kappa shape index (κ1) is 14.0. The second kappa shape index (κ2) is 6.64. The average Bonchev–Trinajstić information content (AvgIpc) is 2.55. The Hall–Kier alpha value is -0.450. The first-order valence-electron chi connectivity index (χ1n) is 7.11. The third-order valence-corrected chi connectivity index (χ3v) is 5.05. The molecule has 0 radical (unpaired) electrons. The summed E-state index contributed by atoms with van der Waals surface area (Å²) in [6, 6.07) is 0.120. The maximum Gasteiger partial charge on any atom is 0.0944 e. The predicted octanol–water partition coefficient (Wildman–Crippen LogP) is 2.89. The van der Waals surface area contributed by atoms with Crippen LogP contribution in [0.2, 0.25) is 0 Å². The Morgan fingerprint density at radius 1 is 1.28 bits per heavy atom.